The first kappa shape index (κ1) is 20.3. The molecule has 1 aromatic carbocycles. The number of hydrogen-bond acceptors (Lipinski definition) is 6. The van der Waals surface area contributed by atoms with Crippen LogP contribution < -0.4 is 10.6 Å². The molecule has 0 bridgehead atoms. The molecule has 6 nitrogen and oxygen atoms in total. The SMILES string of the molecule is CC(C)Nc1cc(Nc2ccnc(C(F)(F)F)c2)nc(-c2cccc(O)c2F)n1. The van der Waals surface area contributed by atoms with E-state index in [1.807, 2.05) is 13.8 Å². The second-order valence-electron chi connectivity index (χ2n) is 6.45. The molecule has 0 amide bonds. The van der Waals surface area contributed by atoms with E-state index in [1.165, 1.54) is 30.3 Å². The second-order valence-corrected chi connectivity index (χ2v) is 6.45. The van der Waals surface area contributed by atoms with Crippen molar-refractivity contribution in [3.05, 3.63) is 54.1 Å². The molecule has 3 rings (SSSR count). The number of rotatable bonds is 5. The highest BCUT2D eigenvalue weighted by Gasteiger charge is 2.32. The molecule has 0 aliphatic rings. The van der Waals surface area contributed by atoms with Gasteiger partial charge < -0.3 is 15.7 Å². The van der Waals surface area contributed by atoms with Crippen molar-refractivity contribution in [2.24, 2.45) is 0 Å². The van der Waals surface area contributed by atoms with Crippen LogP contribution in [0.2, 0.25) is 0 Å². The number of phenolic OH excluding ortho intramolecular Hbond substituents is 1. The molecule has 0 saturated heterocycles. The summed E-state index contributed by atoms with van der Waals surface area (Å²) in [6.07, 6.45) is -3.57. The third-order valence-electron chi connectivity index (χ3n) is 3.70. The van der Waals surface area contributed by atoms with Gasteiger partial charge in [0.1, 0.15) is 17.3 Å². The van der Waals surface area contributed by atoms with Crippen LogP contribution in [0.25, 0.3) is 11.4 Å². The molecule has 0 radical (unpaired) electrons. The summed E-state index contributed by atoms with van der Waals surface area (Å²) in [5, 5.41) is 15.4. The minimum absolute atomic E-state index is 0.0163. The first-order valence-corrected chi connectivity index (χ1v) is 8.57. The highest BCUT2D eigenvalue weighted by atomic mass is 19.4. The number of aromatic nitrogens is 3. The van der Waals surface area contributed by atoms with Gasteiger partial charge in [-0.25, -0.2) is 14.4 Å². The third kappa shape index (κ3) is 4.89. The Kier molecular flexibility index (Phi) is 5.53. The van der Waals surface area contributed by atoms with Crippen molar-refractivity contribution in [2.45, 2.75) is 26.1 Å². The lowest BCUT2D eigenvalue weighted by Crippen LogP contribution is -2.12. The lowest BCUT2D eigenvalue weighted by Gasteiger charge is -2.14. The van der Waals surface area contributed by atoms with Crippen LogP contribution in [0, 0.1) is 5.82 Å². The Morgan fingerprint density at radius 3 is 2.45 bits per heavy atom. The average Bonchev–Trinajstić information content (AvgIpc) is 2.63. The molecule has 2 aromatic heterocycles. The van der Waals surface area contributed by atoms with Gasteiger partial charge in [-0.2, -0.15) is 13.2 Å². The molecule has 0 aliphatic heterocycles. The van der Waals surface area contributed by atoms with Crippen molar-refractivity contribution < 1.29 is 22.7 Å². The number of alkyl halides is 3. The van der Waals surface area contributed by atoms with Gasteiger partial charge in [0.2, 0.25) is 0 Å². The highest BCUT2D eigenvalue weighted by molar-refractivity contribution is 5.66. The molecule has 10 heteroatoms. The molecule has 0 spiro atoms. The molecular formula is C19H17F4N5O. The Morgan fingerprint density at radius 1 is 1.03 bits per heavy atom. The van der Waals surface area contributed by atoms with Crippen molar-refractivity contribution >= 4 is 17.3 Å². The Bertz CT molecular complexity index is 1020. The van der Waals surface area contributed by atoms with Crippen LogP contribution >= 0.6 is 0 Å². The van der Waals surface area contributed by atoms with E-state index in [9.17, 15) is 22.7 Å². The van der Waals surface area contributed by atoms with Crippen molar-refractivity contribution in [1.29, 1.82) is 0 Å². The summed E-state index contributed by atoms with van der Waals surface area (Å²) in [7, 11) is 0. The Labute approximate surface area is 163 Å². The normalized spacial score (nSPS) is 11.6. The van der Waals surface area contributed by atoms with Crippen LogP contribution in [0.5, 0.6) is 5.75 Å². The van der Waals surface area contributed by atoms with Crippen LogP contribution in [0.1, 0.15) is 19.5 Å². The van der Waals surface area contributed by atoms with Crippen LogP contribution in [-0.4, -0.2) is 26.1 Å². The predicted octanol–water partition coefficient (Wildman–Crippen LogP) is 4.97. The van der Waals surface area contributed by atoms with Gasteiger partial charge in [0.15, 0.2) is 17.4 Å². The zero-order valence-electron chi connectivity index (χ0n) is 15.4. The monoisotopic (exact) mass is 407 g/mol. The summed E-state index contributed by atoms with van der Waals surface area (Å²) in [4.78, 5) is 11.7. The van der Waals surface area contributed by atoms with Gasteiger partial charge in [-0.1, -0.05) is 6.07 Å². The van der Waals surface area contributed by atoms with Crippen molar-refractivity contribution in [2.75, 3.05) is 10.6 Å². The minimum Gasteiger partial charge on any atom is -0.505 e. The van der Waals surface area contributed by atoms with Crippen LogP contribution in [0.4, 0.5) is 34.9 Å². The zero-order chi connectivity index (χ0) is 21.2. The topological polar surface area (TPSA) is 83.0 Å². The highest BCUT2D eigenvalue weighted by Crippen LogP contribution is 2.31. The Hall–Kier alpha value is -3.43. The molecule has 3 aromatic rings. The number of aromatic hydroxyl groups is 1. The quantitative estimate of drug-likeness (QED) is 0.518. The summed E-state index contributed by atoms with van der Waals surface area (Å²) in [5.74, 6) is -1.03. The predicted molar refractivity (Wildman–Crippen MR) is 100 cm³/mol. The van der Waals surface area contributed by atoms with E-state index in [4.69, 9.17) is 0 Å². The molecule has 0 aliphatic carbocycles. The van der Waals surface area contributed by atoms with E-state index >= 15 is 0 Å². The molecular weight excluding hydrogens is 390 g/mol. The van der Waals surface area contributed by atoms with E-state index in [0.29, 0.717) is 5.82 Å². The van der Waals surface area contributed by atoms with Gasteiger partial charge in [0.05, 0.1) is 5.56 Å². The maximum atomic E-state index is 14.3. The van der Waals surface area contributed by atoms with Gasteiger partial charge in [-0.15, -0.1) is 0 Å². The number of phenols is 1. The van der Waals surface area contributed by atoms with E-state index in [2.05, 4.69) is 25.6 Å². The number of anilines is 3. The summed E-state index contributed by atoms with van der Waals surface area (Å²) in [6, 6.07) is 7.67. The molecule has 0 unspecified atom stereocenters. The fourth-order valence-electron chi connectivity index (χ4n) is 2.51. The third-order valence-corrected chi connectivity index (χ3v) is 3.70. The van der Waals surface area contributed by atoms with Crippen LogP contribution in [0.3, 0.4) is 0 Å². The number of nitrogens with zero attached hydrogens (tertiary/aromatic N) is 3. The van der Waals surface area contributed by atoms with Crippen LogP contribution in [-0.2, 0) is 6.18 Å². The van der Waals surface area contributed by atoms with Gasteiger partial charge in [0, 0.05) is 24.0 Å². The average molecular weight is 407 g/mol. The summed E-state index contributed by atoms with van der Waals surface area (Å²) < 4.78 is 53.0. The summed E-state index contributed by atoms with van der Waals surface area (Å²) >= 11 is 0. The lowest BCUT2D eigenvalue weighted by molar-refractivity contribution is -0.141. The van der Waals surface area contributed by atoms with E-state index < -0.39 is 23.4 Å². The Morgan fingerprint density at radius 2 is 1.76 bits per heavy atom. The summed E-state index contributed by atoms with van der Waals surface area (Å²) in [6.45, 7) is 3.73. The van der Waals surface area contributed by atoms with Crippen molar-refractivity contribution in [3.8, 4) is 17.1 Å². The first-order valence-electron chi connectivity index (χ1n) is 8.57. The fraction of sp³-hybridized carbons (Fsp3) is 0.211. The second kappa shape index (κ2) is 7.90. The Balaban J connectivity index is 2.03. The molecule has 0 saturated carbocycles. The van der Waals surface area contributed by atoms with Crippen LogP contribution in [0.15, 0.2) is 42.6 Å². The number of halogens is 4. The van der Waals surface area contributed by atoms with E-state index in [0.717, 1.165) is 12.3 Å². The number of benzene rings is 1. The largest absolute Gasteiger partial charge is 0.505 e. The van der Waals surface area contributed by atoms with Gasteiger partial charge in [-0.05, 0) is 38.1 Å². The number of hydrogen-bond donors (Lipinski definition) is 3. The first-order chi connectivity index (χ1) is 13.6. The molecule has 152 valence electrons. The minimum atomic E-state index is -4.59. The van der Waals surface area contributed by atoms with E-state index in [-0.39, 0.29) is 28.9 Å². The number of nitrogens with one attached hydrogen (secondary N) is 2. The lowest BCUT2D eigenvalue weighted by atomic mass is 10.2. The van der Waals surface area contributed by atoms with Gasteiger partial charge in [-0.3, -0.25) is 4.98 Å². The van der Waals surface area contributed by atoms with Gasteiger partial charge >= 0.3 is 6.18 Å². The zero-order valence-corrected chi connectivity index (χ0v) is 15.4. The van der Waals surface area contributed by atoms with Crippen molar-refractivity contribution in [3.63, 3.8) is 0 Å². The fourth-order valence-corrected chi connectivity index (χ4v) is 2.51. The standard InChI is InChI=1S/C19H17F4N5O/c1-10(2)25-15-9-16(26-11-6-7-24-14(8-11)19(21,22)23)28-18(27-15)12-4-3-5-13(29)17(12)20/h3-10,29H,1-2H3,(H2,24,25,26,27,28). The number of pyridine rings is 1. The molecule has 2 heterocycles. The molecule has 3 N–H and O–H groups in total. The summed E-state index contributed by atoms with van der Waals surface area (Å²) in [5.41, 5.74) is -1.01. The maximum absolute atomic E-state index is 14.3. The van der Waals surface area contributed by atoms with Crippen molar-refractivity contribution in [1.82, 2.24) is 15.0 Å². The van der Waals surface area contributed by atoms with E-state index in [1.54, 1.807) is 0 Å². The maximum Gasteiger partial charge on any atom is 0.433 e. The molecule has 0 fully saturated rings. The molecule has 29 heavy (non-hydrogen) atoms. The smallest absolute Gasteiger partial charge is 0.433 e. The van der Waals surface area contributed by atoms with Gasteiger partial charge in [0.25, 0.3) is 0 Å². The molecule has 0 atom stereocenters.